The van der Waals surface area contributed by atoms with Gasteiger partial charge in [0, 0.05) is 0 Å². The minimum Gasteiger partial charge on any atom is -0.464 e. The molecule has 29 heavy (non-hydrogen) atoms. The molecule has 0 aliphatic carbocycles. The molecule has 7 nitrogen and oxygen atoms in total. The summed E-state index contributed by atoms with van der Waals surface area (Å²) in [6.07, 6.45) is 0.597. The molecular weight excluding hydrogens is 377 g/mol. The number of amides is 1. The number of fused-ring (bicyclic) bond motifs is 1. The Kier molecular flexibility index (Phi) is 4.49. The van der Waals surface area contributed by atoms with E-state index in [9.17, 15) is 18.8 Å². The number of nitrogens with one attached hydrogen (secondary N) is 3. The van der Waals surface area contributed by atoms with Crippen LogP contribution >= 0.6 is 0 Å². The number of aryl methyl sites for hydroxylation is 1. The summed E-state index contributed by atoms with van der Waals surface area (Å²) in [6, 6.07) is 5.77. The van der Waals surface area contributed by atoms with Gasteiger partial charge in [-0.1, -0.05) is 13.0 Å². The summed E-state index contributed by atoms with van der Waals surface area (Å²) in [5.74, 6) is 0.246. The molecule has 1 aliphatic heterocycles. The first-order valence-corrected chi connectivity index (χ1v) is 9.38. The van der Waals surface area contributed by atoms with Gasteiger partial charge in [0.05, 0.1) is 23.3 Å². The van der Waals surface area contributed by atoms with Crippen molar-refractivity contribution < 1.29 is 13.6 Å². The zero-order valence-electron chi connectivity index (χ0n) is 16.2. The van der Waals surface area contributed by atoms with E-state index in [1.807, 2.05) is 19.9 Å². The highest BCUT2D eigenvalue weighted by atomic mass is 19.1. The van der Waals surface area contributed by atoms with Gasteiger partial charge in [-0.25, -0.2) is 4.39 Å². The summed E-state index contributed by atoms with van der Waals surface area (Å²) in [5, 5.41) is 8.43. The number of furan rings is 1. The molecule has 8 heteroatoms. The van der Waals surface area contributed by atoms with Crippen molar-refractivity contribution in [1.82, 2.24) is 5.32 Å². The summed E-state index contributed by atoms with van der Waals surface area (Å²) in [4.78, 5) is 36.6. The van der Waals surface area contributed by atoms with Crippen LogP contribution in [0.1, 0.15) is 59.8 Å². The van der Waals surface area contributed by atoms with E-state index in [1.54, 1.807) is 13.0 Å². The predicted molar refractivity (Wildman–Crippen MR) is 107 cm³/mol. The molecule has 2 heterocycles. The van der Waals surface area contributed by atoms with Gasteiger partial charge >= 0.3 is 0 Å². The van der Waals surface area contributed by atoms with Crippen molar-refractivity contribution in [3.8, 4) is 0 Å². The Morgan fingerprint density at radius 1 is 1.10 bits per heavy atom. The number of carbonyl (C=O) groups excluding carboxylic acids is 1. The van der Waals surface area contributed by atoms with Crippen LogP contribution in [0.4, 0.5) is 21.5 Å². The van der Waals surface area contributed by atoms with Gasteiger partial charge in [-0.15, -0.1) is 0 Å². The molecule has 0 saturated carbocycles. The van der Waals surface area contributed by atoms with Crippen molar-refractivity contribution in [2.75, 3.05) is 10.6 Å². The highest BCUT2D eigenvalue weighted by Crippen LogP contribution is 2.35. The lowest BCUT2D eigenvalue weighted by Crippen LogP contribution is -2.37. The van der Waals surface area contributed by atoms with Gasteiger partial charge in [-0.05, 0) is 44.0 Å². The Morgan fingerprint density at radius 3 is 2.48 bits per heavy atom. The van der Waals surface area contributed by atoms with Crippen molar-refractivity contribution >= 4 is 23.0 Å². The lowest BCUT2D eigenvalue weighted by Gasteiger charge is -2.21. The van der Waals surface area contributed by atoms with E-state index in [1.165, 1.54) is 12.1 Å². The monoisotopic (exact) mass is 397 g/mol. The minimum atomic E-state index is -0.763. The first-order chi connectivity index (χ1) is 13.8. The van der Waals surface area contributed by atoms with Crippen molar-refractivity contribution in [2.24, 2.45) is 0 Å². The molecule has 1 amide bonds. The van der Waals surface area contributed by atoms with Gasteiger partial charge in [0.1, 0.15) is 28.7 Å². The fourth-order valence-corrected chi connectivity index (χ4v) is 3.63. The molecule has 2 atom stereocenters. The van der Waals surface area contributed by atoms with Crippen LogP contribution < -0.4 is 26.8 Å². The normalized spacial score (nSPS) is 16.6. The smallest absolute Gasteiger partial charge is 0.254 e. The van der Waals surface area contributed by atoms with E-state index in [2.05, 4.69) is 16.0 Å². The Bertz CT molecular complexity index is 1190. The van der Waals surface area contributed by atoms with Crippen LogP contribution in [-0.2, 0) is 0 Å². The topological polar surface area (TPSA) is 100 Å². The molecule has 0 saturated heterocycles. The number of carbonyl (C=O) groups is 1. The number of hydrogen-bond acceptors (Lipinski definition) is 6. The van der Waals surface area contributed by atoms with Crippen LogP contribution in [0.5, 0.6) is 0 Å². The maximum Gasteiger partial charge on any atom is 0.254 e. The van der Waals surface area contributed by atoms with E-state index in [0.29, 0.717) is 17.7 Å². The number of anilines is 3. The lowest BCUT2D eigenvalue weighted by molar-refractivity contribution is 0.0959. The Labute approximate surface area is 165 Å². The molecule has 3 N–H and O–H groups in total. The molecule has 1 aromatic heterocycles. The highest BCUT2D eigenvalue weighted by Gasteiger charge is 2.32. The van der Waals surface area contributed by atoms with E-state index in [0.717, 1.165) is 5.76 Å². The third kappa shape index (κ3) is 3.00. The van der Waals surface area contributed by atoms with E-state index in [4.69, 9.17) is 4.42 Å². The number of rotatable bonds is 6. The lowest BCUT2D eigenvalue weighted by atomic mass is 10.0. The maximum atomic E-state index is 14.5. The van der Waals surface area contributed by atoms with Gasteiger partial charge in [0.2, 0.25) is 0 Å². The minimum absolute atomic E-state index is 0.0550. The number of hydrogen-bond donors (Lipinski definition) is 3. The zero-order valence-corrected chi connectivity index (χ0v) is 16.2. The standard InChI is InChI=1S/C21H20FN3O4/c1-4-13(14-8-5-9(2)29-14)24-17-18(20(27)19(17)26)25-16-12(22)7-6-11-10(3)23-21(28)15(11)16/h5-8,10,13,24-25H,4H2,1-3H3,(H,23,28)/t10-,13?/m1/s1. The molecule has 1 unspecified atom stereocenters. The van der Waals surface area contributed by atoms with Crippen LogP contribution in [0.3, 0.4) is 0 Å². The zero-order chi connectivity index (χ0) is 20.9. The Morgan fingerprint density at radius 2 is 1.83 bits per heavy atom. The van der Waals surface area contributed by atoms with E-state index < -0.39 is 22.6 Å². The largest absolute Gasteiger partial charge is 0.464 e. The molecule has 0 fully saturated rings. The quantitative estimate of drug-likeness (QED) is 0.551. The fraction of sp³-hybridized carbons (Fsp3) is 0.286. The van der Waals surface area contributed by atoms with Gasteiger partial charge in [0.25, 0.3) is 16.8 Å². The third-order valence-corrected chi connectivity index (χ3v) is 5.22. The van der Waals surface area contributed by atoms with Crippen LogP contribution in [0, 0.1) is 12.7 Å². The molecule has 2 aromatic carbocycles. The Balaban J connectivity index is 1.69. The SMILES string of the molecule is CCC(Nc1c(Nc2c(F)ccc3c2C(=O)N[C@@H]3C)c(=O)c1=O)c1ccc(C)o1. The Hall–Kier alpha value is -3.42. The molecular formula is C21H20FN3O4. The predicted octanol–water partition coefficient (Wildman–Crippen LogP) is 3.43. The van der Waals surface area contributed by atoms with Crippen LogP contribution in [0.15, 0.2) is 38.3 Å². The summed E-state index contributed by atoms with van der Waals surface area (Å²) in [6.45, 7) is 5.50. The molecule has 0 radical (unpaired) electrons. The van der Waals surface area contributed by atoms with Crippen molar-refractivity contribution in [3.05, 3.63) is 73.2 Å². The van der Waals surface area contributed by atoms with Gasteiger partial charge < -0.3 is 20.4 Å². The summed E-state index contributed by atoms with van der Waals surface area (Å²) < 4.78 is 20.1. The summed E-state index contributed by atoms with van der Waals surface area (Å²) in [7, 11) is 0. The molecule has 4 rings (SSSR count). The molecule has 0 bridgehead atoms. The summed E-state index contributed by atoms with van der Waals surface area (Å²) >= 11 is 0. The first-order valence-electron chi connectivity index (χ1n) is 9.38. The van der Waals surface area contributed by atoms with Crippen LogP contribution in [0.2, 0.25) is 0 Å². The van der Waals surface area contributed by atoms with Crippen molar-refractivity contribution in [3.63, 3.8) is 0 Å². The molecule has 3 aromatic rings. The first kappa shape index (κ1) is 18.9. The molecule has 1 aliphatic rings. The van der Waals surface area contributed by atoms with Gasteiger partial charge in [-0.3, -0.25) is 14.4 Å². The fourth-order valence-electron chi connectivity index (χ4n) is 3.63. The average molecular weight is 397 g/mol. The average Bonchev–Trinajstić information content (AvgIpc) is 3.25. The second-order valence-electron chi connectivity index (χ2n) is 7.17. The van der Waals surface area contributed by atoms with Crippen molar-refractivity contribution in [1.29, 1.82) is 0 Å². The third-order valence-electron chi connectivity index (χ3n) is 5.22. The van der Waals surface area contributed by atoms with Crippen molar-refractivity contribution in [2.45, 2.75) is 39.3 Å². The number of benzene rings is 1. The molecule has 150 valence electrons. The van der Waals surface area contributed by atoms with Crippen LogP contribution in [-0.4, -0.2) is 5.91 Å². The van der Waals surface area contributed by atoms with Crippen LogP contribution in [0.25, 0.3) is 0 Å². The second kappa shape index (κ2) is 6.88. The summed E-state index contributed by atoms with van der Waals surface area (Å²) in [5.41, 5.74) is -0.798. The highest BCUT2D eigenvalue weighted by molar-refractivity contribution is 6.05. The maximum absolute atomic E-state index is 14.5. The van der Waals surface area contributed by atoms with Gasteiger partial charge in [-0.2, -0.15) is 0 Å². The van der Waals surface area contributed by atoms with E-state index in [-0.39, 0.29) is 34.7 Å². The molecule has 0 spiro atoms. The second-order valence-corrected chi connectivity index (χ2v) is 7.17. The van der Waals surface area contributed by atoms with E-state index >= 15 is 0 Å². The van der Waals surface area contributed by atoms with Gasteiger partial charge in [0.15, 0.2) is 0 Å². The number of halogens is 1.